The molecule has 0 amide bonds. The van der Waals surface area contributed by atoms with Crippen LogP contribution >= 0.6 is 0 Å². The molecule has 0 aromatic heterocycles. The number of halogens is 2. The first-order valence-electron chi connectivity index (χ1n) is 8.17. The number of nitrogens with zero attached hydrogens (tertiary/aromatic N) is 2. The smallest absolute Gasteiger partial charge is 0.246 e. The van der Waals surface area contributed by atoms with Crippen molar-refractivity contribution in [2.45, 2.75) is 50.0 Å². The van der Waals surface area contributed by atoms with Crippen molar-refractivity contribution in [2.75, 3.05) is 19.6 Å². The molecule has 0 spiro atoms. The molecule has 1 fully saturated rings. The molecule has 0 bridgehead atoms. The van der Waals surface area contributed by atoms with Crippen molar-refractivity contribution >= 4 is 0 Å². The van der Waals surface area contributed by atoms with Crippen molar-refractivity contribution in [1.29, 1.82) is 5.26 Å². The van der Waals surface area contributed by atoms with Crippen LogP contribution in [0.4, 0.5) is 8.78 Å². The van der Waals surface area contributed by atoms with Crippen LogP contribution in [0.15, 0.2) is 30.3 Å². The Hall–Kier alpha value is -1.51. The van der Waals surface area contributed by atoms with Crippen LogP contribution < -0.4 is 5.73 Å². The fourth-order valence-corrected chi connectivity index (χ4v) is 3.29. The van der Waals surface area contributed by atoms with Gasteiger partial charge in [-0.1, -0.05) is 30.3 Å². The van der Waals surface area contributed by atoms with Gasteiger partial charge in [-0.15, -0.1) is 0 Å². The fourth-order valence-electron chi connectivity index (χ4n) is 3.29. The Morgan fingerprint density at radius 1 is 1.30 bits per heavy atom. The van der Waals surface area contributed by atoms with Crippen molar-refractivity contribution < 1.29 is 8.78 Å². The first kappa shape index (κ1) is 17.8. The molecule has 0 saturated carbocycles. The minimum absolute atomic E-state index is 0.271. The predicted molar refractivity (Wildman–Crippen MR) is 87.2 cm³/mol. The number of benzene rings is 1. The molecule has 1 aromatic rings. The van der Waals surface area contributed by atoms with Gasteiger partial charge in [0.1, 0.15) is 0 Å². The number of alkyl halides is 2. The summed E-state index contributed by atoms with van der Waals surface area (Å²) in [6.07, 6.45) is 1.83. The van der Waals surface area contributed by atoms with Gasteiger partial charge in [-0.2, -0.15) is 5.26 Å². The Kier molecular flexibility index (Phi) is 5.72. The van der Waals surface area contributed by atoms with Gasteiger partial charge in [0, 0.05) is 12.5 Å². The minimum atomic E-state index is -2.70. The van der Waals surface area contributed by atoms with E-state index in [4.69, 9.17) is 5.73 Å². The van der Waals surface area contributed by atoms with Gasteiger partial charge >= 0.3 is 0 Å². The highest BCUT2D eigenvalue weighted by molar-refractivity contribution is 5.33. The van der Waals surface area contributed by atoms with Crippen molar-refractivity contribution in [3.05, 3.63) is 35.9 Å². The zero-order valence-electron chi connectivity index (χ0n) is 13.6. The predicted octanol–water partition coefficient (Wildman–Crippen LogP) is 3.31. The second-order valence-corrected chi connectivity index (χ2v) is 6.72. The Morgan fingerprint density at radius 3 is 2.43 bits per heavy atom. The summed E-state index contributed by atoms with van der Waals surface area (Å²) in [5, 5.41) is 9.66. The summed E-state index contributed by atoms with van der Waals surface area (Å²) >= 11 is 0. The average molecular weight is 321 g/mol. The number of rotatable bonds is 6. The Labute approximate surface area is 137 Å². The minimum Gasteiger partial charge on any atom is -0.327 e. The van der Waals surface area contributed by atoms with Crippen LogP contribution in [-0.2, 0) is 5.41 Å². The molecule has 0 radical (unpaired) electrons. The molecule has 2 N–H and O–H groups in total. The molecule has 23 heavy (non-hydrogen) atoms. The standard InChI is InChI=1S/C18H25F2N3/c1-17(19,20)13-16(22)7-10-23-11-8-18(14-21,9-12-23)15-5-3-2-4-6-15/h2-6,16H,7-13,22H2,1H3. The largest absolute Gasteiger partial charge is 0.327 e. The van der Waals surface area contributed by atoms with E-state index in [0.717, 1.165) is 38.4 Å². The third-order valence-corrected chi connectivity index (χ3v) is 4.69. The molecule has 0 aliphatic carbocycles. The van der Waals surface area contributed by atoms with Gasteiger partial charge in [-0.3, -0.25) is 0 Å². The Bertz CT molecular complexity index is 525. The zero-order valence-corrected chi connectivity index (χ0v) is 13.6. The average Bonchev–Trinajstić information content (AvgIpc) is 2.53. The fraction of sp³-hybridized carbons (Fsp3) is 0.611. The summed E-state index contributed by atoms with van der Waals surface area (Å²) in [5.41, 5.74) is 6.44. The molecule has 1 unspecified atom stereocenters. The molecule has 1 saturated heterocycles. The summed E-state index contributed by atoms with van der Waals surface area (Å²) in [6.45, 7) is 3.23. The van der Waals surface area contributed by atoms with Gasteiger partial charge < -0.3 is 10.6 Å². The first-order chi connectivity index (χ1) is 10.8. The summed E-state index contributed by atoms with van der Waals surface area (Å²) in [7, 11) is 0. The highest BCUT2D eigenvalue weighted by atomic mass is 19.3. The molecular formula is C18H25F2N3. The van der Waals surface area contributed by atoms with E-state index in [0.29, 0.717) is 13.0 Å². The van der Waals surface area contributed by atoms with Gasteiger partial charge in [0.15, 0.2) is 0 Å². The normalized spacial score (nSPS) is 20.0. The van der Waals surface area contributed by atoms with E-state index in [1.165, 1.54) is 0 Å². The number of piperidine rings is 1. The van der Waals surface area contributed by atoms with E-state index in [1.807, 2.05) is 30.3 Å². The monoisotopic (exact) mass is 321 g/mol. The molecule has 1 atom stereocenters. The lowest BCUT2D eigenvalue weighted by molar-refractivity contribution is 0.00466. The lowest BCUT2D eigenvalue weighted by atomic mass is 9.74. The molecule has 1 heterocycles. The topological polar surface area (TPSA) is 53.0 Å². The summed E-state index contributed by atoms with van der Waals surface area (Å²) in [4.78, 5) is 2.23. The molecule has 126 valence electrons. The van der Waals surface area contributed by atoms with E-state index < -0.39 is 17.4 Å². The number of hydrogen-bond acceptors (Lipinski definition) is 3. The second-order valence-electron chi connectivity index (χ2n) is 6.72. The number of likely N-dealkylation sites (tertiary alicyclic amines) is 1. The Morgan fingerprint density at radius 2 is 1.91 bits per heavy atom. The maximum Gasteiger partial charge on any atom is 0.246 e. The van der Waals surface area contributed by atoms with Crippen LogP contribution in [0.1, 0.15) is 38.2 Å². The molecule has 1 aliphatic rings. The van der Waals surface area contributed by atoms with Crippen LogP contribution in [0.25, 0.3) is 0 Å². The van der Waals surface area contributed by atoms with Crippen LogP contribution in [0, 0.1) is 11.3 Å². The van der Waals surface area contributed by atoms with Crippen LogP contribution in [-0.4, -0.2) is 36.5 Å². The Balaban J connectivity index is 1.85. The lowest BCUT2D eigenvalue weighted by Crippen LogP contribution is -2.43. The molecule has 3 nitrogen and oxygen atoms in total. The van der Waals surface area contributed by atoms with Gasteiger partial charge in [-0.05, 0) is 51.4 Å². The van der Waals surface area contributed by atoms with Gasteiger partial charge in [0.05, 0.1) is 11.5 Å². The van der Waals surface area contributed by atoms with Crippen molar-refractivity contribution in [1.82, 2.24) is 4.90 Å². The maximum absolute atomic E-state index is 12.9. The summed E-state index contributed by atoms with van der Waals surface area (Å²) < 4.78 is 25.9. The van der Waals surface area contributed by atoms with E-state index in [2.05, 4.69) is 11.0 Å². The summed E-state index contributed by atoms with van der Waals surface area (Å²) in [6, 6.07) is 11.9. The third kappa shape index (κ3) is 4.98. The molecule has 2 rings (SSSR count). The number of nitrogens with two attached hydrogens (primary N) is 1. The van der Waals surface area contributed by atoms with Gasteiger partial charge in [0.2, 0.25) is 5.92 Å². The SMILES string of the molecule is CC(F)(F)CC(N)CCN1CCC(C#N)(c2ccccc2)CC1. The van der Waals surface area contributed by atoms with Crippen LogP contribution in [0.2, 0.25) is 0 Å². The molecule has 1 aliphatic heterocycles. The second kappa shape index (κ2) is 7.37. The van der Waals surface area contributed by atoms with Crippen LogP contribution in [0.3, 0.4) is 0 Å². The number of hydrogen-bond donors (Lipinski definition) is 1. The lowest BCUT2D eigenvalue weighted by Gasteiger charge is -2.38. The van der Waals surface area contributed by atoms with Crippen LogP contribution in [0.5, 0.6) is 0 Å². The van der Waals surface area contributed by atoms with Gasteiger partial charge in [-0.25, -0.2) is 8.78 Å². The molecule has 1 aromatic carbocycles. The van der Waals surface area contributed by atoms with Crippen molar-refractivity contribution in [3.8, 4) is 6.07 Å². The zero-order chi connectivity index (χ0) is 16.9. The van der Waals surface area contributed by atoms with Crippen molar-refractivity contribution in [3.63, 3.8) is 0 Å². The highest BCUT2D eigenvalue weighted by Crippen LogP contribution is 2.34. The third-order valence-electron chi connectivity index (χ3n) is 4.69. The van der Waals surface area contributed by atoms with E-state index >= 15 is 0 Å². The summed E-state index contributed by atoms with van der Waals surface area (Å²) in [5.74, 6) is -2.70. The molecular weight excluding hydrogens is 296 g/mol. The highest BCUT2D eigenvalue weighted by Gasteiger charge is 2.36. The molecule has 5 heteroatoms. The first-order valence-corrected chi connectivity index (χ1v) is 8.17. The van der Waals surface area contributed by atoms with E-state index in [1.54, 1.807) is 0 Å². The van der Waals surface area contributed by atoms with Gasteiger partial charge in [0.25, 0.3) is 0 Å². The maximum atomic E-state index is 12.9. The van der Waals surface area contributed by atoms with E-state index in [9.17, 15) is 14.0 Å². The quantitative estimate of drug-likeness (QED) is 0.874. The number of nitriles is 1. The van der Waals surface area contributed by atoms with Crippen molar-refractivity contribution in [2.24, 2.45) is 5.73 Å². The van der Waals surface area contributed by atoms with E-state index in [-0.39, 0.29) is 6.42 Å².